The van der Waals surface area contributed by atoms with E-state index < -0.39 is 5.69 Å². The number of halogens is 2. The molecule has 1 unspecified atom stereocenters. The van der Waals surface area contributed by atoms with E-state index in [0.29, 0.717) is 11.0 Å². The predicted molar refractivity (Wildman–Crippen MR) is 63.4 cm³/mol. The Bertz CT molecular complexity index is 432. The molecule has 0 bridgehead atoms. The van der Waals surface area contributed by atoms with Gasteiger partial charge in [0.15, 0.2) is 0 Å². The lowest BCUT2D eigenvalue weighted by Crippen LogP contribution is -2.39. The molecule has 0 spiro atoms. The molecule has 0 fully saturated rings. The molecule has 0 aliphatic heterocycles. The molecule has 0 aliphatic carbocycles. The minimum atomic E-state index is -0.495. The summed E-state index contributed by atoms with van der Waals surface area (Å²) in [5.74, 6) is 0.265. The van der Waals surface area contributed by atoms with Crippen molar-refractivity contribution in [2.45, 2.75) is 26.8 Å². The first-order chi connectivity index (χ1) is 6.97. The van der Waals surface area contributed by atoms with Crippen LogP contribution >= 0.6 is 27.7 Å². The van der Waals surface area contributed by atoms with Crippen LogP contribution in [0.5, 0.6) is 0 Å². The molecular formula is C9H12BrClN2O2. The molecule has 0 saturated heterocycles. The van der Waals surface area contributed by atoms with Crippen LogP contribution in [0.1, 0.15) is 20.3 Å². The van der Waals surface area contributed by atoms with Gasteiger partial charge in [0.2, 0.25) is 0 Å². The summed E-state index contributed by atoms with van der Waals surface area (Å²) in [6.07, 6.45) is 2.17. The van der Waals surface area contributed by atoms with Crippen molar-refractivity contribution in [1.29, 1.82) is 0 Å². The average Bonchev–Trinajstić information content (AvgIpc) is 2.21. The van der Waals surface area contributed by atoms with Crippen molar-refractivity contribution in [2.75, 3.05) is 0 Å². The highest BCUT2D eigenvalue weighted by atomic mass is 79.9. The Kier molecular flexibility index (Phi) is 4.16. The fourth-order valence-corrected chi connectivity index (χ4v) is 1.87. The van der Waals surface area contributed by atoms with Gasteiger partial charge in [-0.25, -0.2) is 8.88 Å². The van der Waals surface area contributed by atoms with E-state index in [1.54, 1.807) is 0 Å². The van der Waals surface area contributed by atoms with Crippen LogP contribution in [0.15, 0.2) is 20.3 Å². The lowest BCUT2D eigenvalue weighted by atomic mass is 10.1. The SMILES string of the molecule is CCC(C)Cn1c(=O)c(Br)cn(Cl)c1=O. The number of nitrogens with zero attached hydrogens (tertiary/aromatic N) is 2. The second kappa shape index (κ2) is 4.99. The lowest BCUT2D eigenvalue weighted by Gasteiger charge is -2.10. The summed E-state index contributed by atoms with van der Waals surface area (Å²) in [6.45, 7) is 4.37. The zero-order chi connectivity index (χ0) is 11.6. The van der Waals surface area contributed by atoms with Crippen LogP contribution in [-0.4, -0.2) is 8.65 Å². The Hall–Kier alpha value is -0.550. The molecule has 0 N–H and O–H groups in total. The van der Waals surface area contributed by atoms with Crippen molar-refractivity contribution in [3.63, 3.8) is 0 Å². The van der Waals surface area contributed by atoms with Gasteiger partial charge in [-0.3, -0.25) is 9.36 Å². The largest absolute Gasteiger partial charge is 0.345 e. The normalized spacial score (nSPS) is 12.8. The van der Waals surface area contributed by atoms with Crippen molar-refractivity contribution >= 4 is 27.7 Å². The van der Waals surface area contributed by atoms with Crippen molar-refractivity contribution in [3.8, 4) is 0 Å². The van der Waals surface area contributed by atoms with E-state index in [1.165, 1.54) is 6.20 Å². The third kappa shape index (κ3) is 2.72. The number of rotatable bonds is 3. The second-order valence-electron chi connectivity index (χ2n) is 3.50. The molecule has 1 atom stereocenters. The first-order valence-electron chi connectivity index (χ1n) is 4.65. The zero-order valence-electron chi connectivity index (χ0n) is 8.54. The first kappa shape index (κ1) is 12.5. The van der Waals surface area contributed by atoms with Crippen LogP contribution in [0.3, 0.4) is 0 Å². The lowest BCUT2D eigenvalue weighted by molar-refractivity contribution is 0.443. The van der Waals surface area contributed by atoms with E-state index >= 15 is 0 Å². The average molecular weight is 296 g/mol. The van der Waals surface area contributed by atoms with Gasteiger partial charge in [-0.2, -0.15) is 0 Å². The van der Waals surface area contributed by atoms with Crippen LogP contribution in [0.2, 0.25) is 0 Å². The van der Waals surface area contributed by atoms with Crippen LogP contribution in [0.25, 0.3) is 0 Å². The Morgan fingerprint density at radius 2 is 2.13 bits per heavy atom. The second-order valence-corrected chi connectivity index (χ2v) is 4.72. The van der Waals surface area contributed by atoms with E-state index in [-0.39, 0.29) is 11.5 Å². The third-order valence-corrected chi connectivity index (χ3v) is 3.07. The molecule has 4 nitrogen and oxygen atoms in total. The fourth-order valence-electron chi connectivity index (χ4n) is 1.14. The summed E-state index contributed by atoms with van der Waals surface area (Å²) in [7, 11) is 0. The molecule has 0 aliphatic rings. The molecule has 1 rings (SSSR count). The number of aromatic nitrogens is 2. The predicted octanol–water partition coefficient (Wildman–Crippen LogP) is 1.82. The summed E-state index contributed by atoms with van der Waals surface area (Å²) in [5.41, 5.74) is -0.831. The standard InChI is InChI=1S/C9H12BrClN2O2/c1-3-6(2)4-12-8(14)7(10)5-13(11)9(12)15/h5-6H,3-4H2,1-2H3. The fraction of sp³-hybridized carbons (Fsp3) is 0.556. The molecule has 0 saturated carbocycles. The van der Waals surface area contributed by atoms with Crippen LogP contribution in [0, 0.1) is 5.92 Å². The highest BCUT2D eigenvalue weighted by molar-refractivity contribution is 9.10. The molecule has 1 heterocycles. The maximum absolute atomic E-state index is 11.6. The number of hydrogen-bond acceptors (Lipinski definition) is 2. The van der Waals surface area contributed by atoms with Crippen molar-refractivity contribution in [1.82, 2.24) is 8.65 Å². The Morgan fingerprint density at radius 1 is 1.53 bits per heavy atom. The van der Waals surface area contributed by atoms with Gasteiger partial charge in [-0.15, -0.1) is 0 Å². The molecule has 0 aromatic carbocycles. The highest BCUT2D eigenvalue weighted by Gasteiger charge is 2.10. The Labute approximate surface area is 101 Å². The first-order valence-corrected chi connectivity index (χ1v) is 5.78. The summed E-state index contributed by atoms with van der Waals surface area (Å²) >= 11 is 8.70. The number of hydrogen-bond donors (Lipinski definition) is 0. The summed E-state index contributed by atoms with van der Waals surface area (Å²) in [5, 5.41) is 0. The molecule has 1 aromatic heterocycles. The maximum atomic E-state index is 11.6. The van der Waals surface area contributed by atoms with E-state index in [9.17, 15) is 9.59 Å². The zero-order valence-corrected chi connectivity index (χ0v) is 10.9. The van der Waals surface area contributed by atoms with E-state index in [1.807, 2.05) is 13.8 Å². The van der Waals surface area contributed by atoms with Gasteiger partial charge in [0, 0.05) is 24.5 Å². The Balaban J connectivity index is 3.28. The van der Waals surface area contributed by atoms with Gasteiger partial charge in [0.25, 0.3) is 5.56 Å². The topological polar surface area (TPSA) is 44.0 Å². The van der Waals surface area contributed by atoms with Crippen molar-refractivity contribution in [3.05, 3.63) is 31.5 Å². The summed E-state index contributed by atoms with van der Waals surface area (Å²) < 4.78 is 2.32. The van der Waals surface area contributed by atoms with Gasteiger partial charge in [0.05, 0.1) is 0 Å². The molecule has 15 heavy (non-hydrogen) atoms. The van der Waals surface area contributed by atoms with Gasteiger partial charge in [0.1, 0.15) is 4.47 Å². The minimum Gasteiger partial charge on any atom is -0.268 e. The van der Waals surface area contributed by atoms with E-state index in [0.717, 1.165) is 15.1 Å². The smallest absolute Gasteiger partial charge is 0.268 e. The van der Waals surface area contributed by atoms with Gasteiger partial charge in [-0.1, -0.05) is 20.3 Å². The highest BCUT2D eigenvalue weighted by Crippen LogP contribution is 2.04. The van der Waals surface area contributed by atoms with Crippen LogP contribution in [0.4, 0.5) is 0 Å². The molecule has 0 radical (unpaired) electrons. The molecule has 6 heteroatoms. The molecule has 84 valence electrons. The van der Waals surface area contributed by atoms with Crippen molar-refractivity contribution < 1.29 is 0 Å². The third-order valence-electron chi connectivity index (χ3n) is 2.28. The summed E-state index contributed by atoms with van der Waals surface area (Å²) in [4.78, 5) is 23.2. The van der Waals surface area contributed by atoms with Gasteiger partial charge in [-0.05, 0) is 21.8 Å². The quantitative estimate of drug-likeness (QED) is 0.854. The monoisotopic (exact) mass is 294 g/mol. The van der Waals surface area contributed by atoms with Crippen LogP contribution < -0.4 is 11.2 Å². The molecular weight excluding hydrogens is 283 g/mol. The summed E-state index contributed by atoms with van der Waals surface area (Å²) in [6, 6.07) is 0. The van der Waals surface area contributed by atoms with E-state index in [4.69, 9.17) is 11.8 Å². The minimum absolute atomic E-state index is 0.265. The maximum Gasteiger partial charge on any atom is 0.345 e. The van der Waals surface area contributed by atoms with Crippen LogP contribution in [-0.2, 0) is 6.54 Å². The van der Waals surface area contributed by atoms with Crippen molar-refractivity contribution in [2.24, 2.45) is 5.92 Å². The van der Waals surface area contributed by atoms with E-state index in [2.05, 4.69) is 15.9 Å². The molecule has 0 amide bonds. The molecule has 1 aromatic rings. The van der Waals surface area contributed by atoms with Gasteiger partial charge < -0.3 is 0 Å². The Morgan fingerprint density at radius 3 is 2.67 bits per heavy atom. The van der Waals surface area contributed by atoms with Gasteiger partial charge >= 0.3 is 5.69 Å².